The van der Waals surface area contributed by atoms with Crippen LogP contribution in [0.15, 0.2) is 48.7 Å². The molecule has 9 heteroatoms. The van der Waals surface area contributed by atoms with Gasteiger partial charge in [-0.3, -0.25) is 14.4 Å². The normalized spacial score (nSPS) is 20.6. The molecule has 182 valence electrons. The van der Waals surface area contributed by atoms with Crippen molar-refractivity contribution in [2.75, 3.05) is 24.7 Å². The van der Waals surface area contributed by atoms with Crippen LogP contribution >= 0.6 is 11.6 Å². The number of hydrogen-bond acceptors (Lipinski definition) is 4. The first-order valence-corrected chi connectivity index (χ1v) is 12.2. The molecule has 2 fully saturated rings. The summed E-state index contributed by atoms with van der Waals surface area (Å²) in [5.74, 6) is -0.356. The van der Waals surface area contributed by atoms with Gasteiger partial charge in [0.2, 0.25) is 5.91 Å². The molecule has 2 aromatic carbocycles. The lowest BCUT2D eigenvalue weighted by atomic mass is 10.0. The molecular weight excluding hydrogens is 468 g/mol. The number of rotatable bonds is 5. The van der Waals surface area contributed by atoms with Crippen LogP contribution in [0, 0.1) is 0 Å². The molecule has 2 atom stereocenters. The number of piperidine rings is 1. The second-order valence-electron chi connectivity index (χ2n) is 8.97. The molecule has 0 radical (unpaired) electrons. The van der Waals surface area contributed by atoms with Crippen LogP contribution in [-0.2, 0) is 9.53 Å². The molecule has 2 saturated heterocycles. The summed E-state index contributed by atoms with van der Waals surface area (Å²) in [6.07, 6.45) is 4.74. The van der Waals surface area contributed by atoms with Gasteiger partial charge in [-0.15, -0.1) is 0 Å². The summed E-state index contributed by atoms with van der Waals surface area (Å²) in [4.78, 5) is 42.9. The Morgan fingerprint density at radius 1 is 1.00 bits per heavy atom. The zero-order valence-corrected chi connectivity index (χ0v) is 19.9. The number of ether oxygens (including phenoxy) is 1. The number of nitrogens with one attached hydrogen (secondary N) is 3. The van der Waals surface area contributed by atoms with Gasteiger partial charge in [0.05, 0.1) is 23.7 Å². The maximum absolute atomic E-state index is 13.0. The molecule has 2 aliphatic heterocycles. The van der Waals surface area contributed by atoms with Crippen molar-refractivity contribution >= 4 is 45.9 Å². The van der Waals surface area contributed by atoms with E-state index in [1.54, 1.807) is 41.4 Å². The predicted molar refractivity (Wildman–Crippen MR) is 134 cm³/mol. The van der Waals surface area contributed by atoms with Gasteiger partial charge in [-0.2, -0.15) is 0 Å². The van der Waals surface area contributed by atoms with Gasteiger partial charge in [-0.1, -0.05) is 17.7 Å². The van der Waals surface area contributed by atoms with Gasteiger partial charge in [0, 0.05) is 53.5 Å². The minimum atomic E-state index is -0.367. The third kappa shape index (κ3) is 5.04. The molecule has 2 aliphatic rings. The second-order valence-corrected chi connectivity index (χ2v) is 9.38. The summed E-state index contributed by atoms with van der Waals surface area (Å²) >= 11 is 6.13. The first kappa shape index (κ1) is 23.4. The molecule has 0 bridgehead atoms. The standard InChI is InChI=1S/C26H27ClN4O4/c27-20-14-28-22-13-17(6-9-19(20)22)26(34)30-23-15-35-12-10-21(23)29-25(33)16-4-7-18(8-5-16)31-11-2-1-3-24(31)32/h4-9,13-14,21,23,28H,1-3,10-12,15H2,(H,29,33)(H,30,34). The first-order valence-electron chi connectivity index (χ1n) is 11.9. The largest absolute Gasteiger partial charge is 0.379 e. The van der Waals surface area contributed by atoms with Crippen LogP contribution in [0.4, 0.5) is 5.69 Å². The predicted octanol–water partition coefficient (Wildman–Crippen LogP) is 3.66. The van der Waals surface area contributed by atoms with Crippen molar-refractivity contribution < 1.29 is 19.1 Å². The van der Waals surface area contributed by atoms with E-state index < -0.39 is 0 Å². The van der Waals surface area contributed by atoms with Crippen molar-refractivity contribution in [3.05, 3.63) is 64.8 Å². The second kappa shape index (κ2) is 10.1. The van der Waals surface area contributed by atoms with Crippen molar-refractivity contribution in [1.82, 2.24) is 15.6 Å². The van der Waals surface area contributed by atoms with Crippen molar-refractivity contribution in [2.24, 2.45) is 0 Å². The van der Waals surface area contributed by atoms with E-state index in [1.165, 1.54) is 0 Å². The molecule has 8 nitrogen and oxygen atoms in total. The van der Waals surface area contributed by atoms with E-state index in [-0.39, 0.29) is 29.8 Å². The summed E-state index contributed by atoms with van der Waals surface area (Å²) in [6, 6.07) is 11.7. The van der Waals surface area contributed by atoms with E-state index in [4.69, 9.17) is 16.3 Å². The topological polar surface area (TPSA) is 104 Å². The first-order chi connectivity index (χ1) is 17.0. The lowest BCUT2D eigenvalue weighted by Gasteiger charge is -2.33. The molecule has 3 amide bonds. The number of amides is 3. The Kier molecular flexibility index (Phi) is 6.74. The maximum Gasteiger partial charge on any atom is 0.251 e. The summed E-state index contributed by atoms with van der Waals surface area (Å²) in [5, 5.41) is 7.50. The van der Waals surface area contributed by atoms with E-state index >= 15 is 0 Å². The third-order valence-corrected chi connectivity index (χ3v) is 6.96. The Morgan fingerprint density at radius 2 is 1.74 bits per heavy atom. The number of benzene rings is 2. The number of fused-ring (bicyclic) bond motifs is 1. The summed E-state index contributed by atoms with van der Waals surface area (Å²) < 4.78 is 5.58. The summed E-state index contributed by atoms with van der Waals surface area (Å²) in [7, 11) is 0. The van der Waals surface area contributed by atoms with Gasteiger partial charge in [-0.05, 0) is 55.7 Å². The molecule has 5 rings (SSSR count). The Morgan fingerprint density at radius 3 is 2.54 bits per heavy atom. The minimum absolute atomic E-state index is 0.118. The average Bonchev–Trinajstić information content (AvgIpc) is 3.25. The highest BCUT2D eigenvalue weighted by atomic mass is 35.5. The number of hydrogen-bond donors (Lipinski definition) is 3. The fraction of sp³-hybridized carbons (Fsp3) is 0.346. The maximum atomic E-state index is 13.0. The quantitative estimate of drug-likeness (QED) is 0.503. The Labute approximate surface area is 208 Å². The van der Waals surface area contributed by atoms with Crippen molar-refractivity contribution in [2.45, 2.75) is 37.8 Å². The van der Waals surface area contributed by atoms with Crippen LogP contribution in [-0.4, -0.2) is 54.5 Å². The van der Waals surface area contributed by atoms with Crippen molar-refractivity contribution in [3.8, 4) is 0 Å². The summed E-state index contributed by atoms with van der Waals surface area (Å²) in [5.41, 5.74) is 2.59. The molecule has 0 saturated carbocycles. The molecule has 35 heavy (non-hydrogen) atoms. The smallest absolute Gasteiger partial charge is 0.251 e. The van der Waals surface area contributed by atoms with Gasteiger partial charge in [0.25, 0.3) is 11.8 Å². The fourth-order valence-electron chi connectivity index (χ4n) is 4.66. The number of halogens is 1. The number of carbonyl (C=O) groups excluding carboxylic acids is 3. The van der Waals surface area contributed by atoms with E-state index in [9.17, 15) is 14.4 Å². The molecule has 3 aromatic rings. The lowest BCUT2D eigenvalue weighted by molar-refractivity contribution is -0.119. The van der Waals surface area contributed by atoms with E-state index in [0.29, 0.717) is 48.7 Å². The van der Waals surface area contributed by atoms with Crippen LogP contribution in [0.25, 0.3) is 10.9 Å². The number of nitrogens with zero attached hydrogens (tertiary/aromatic N) is 1. The molecule has 0 aliphatic carbocycles. The lowest BCUT2D eigenvalue weighted by Crippen LogP contribution is -2.56. The monoisotopic (exact) mass is 494 g/mol. The molecule has 3 N–H and O–H groups in total. The SMILES string of the molecule is O=C(NC1CCOCC1NC(=O)c1ccc2c(Cl)c[nH]c2c1)c1ccc(N2CCCCC2=O)cc1. The highest BCUT2D eigenvalue weighted by molar-refractivity contribution is 6.35. The van der Waals surface area contributed by atoms with E-state index in [1.807, 2.05) is 12.1 Å². The Hall–Kier alpha value is -3.36. The molecule has 2 unspecified atom stereocenters. The minimum Gasteiger partial charge on any atom is -0.379 e. The van der Waals surface area contributed by atoms with Gasteiger partial charge >= 0.3 is 0 Å². The highest BCUT2D eigenvalue weighted by Crippen LogP contribution is 2.24. The van der Waals surface area contributed by atoms with Crippen LogP contribution in [0.1, 0.15) is 46.4 Å². The zero-order chi connectivity index (χ0) is 24.4. The van der Waals surface area contributed by atoms with Gasteiger partial charge < -0.3 is 25.3 Å². The van der Waals surface area contributed by atoms with E-state index in [0.717, 1.165) is 29.4 Å². The number of anilines is 1. The number of carbonyl (C=O) groups is 3. The average molecular weight is 495 g/mol. The van der Waals surface area contributed by atoms with Crippen molar-refractivity contribution in [3.63, 3.8) is 0 Å². The Balaban J connectivity index is 1.24. The van der Waals surface area contributed by atoms with Crippen LogP contribution in [0.5, 0.6) is 0 Å². The molecular formula is C26H27ClN4O4. The van der Waals surface area contributed by atoms with E-state index in [2.05, 4.69) is 15.6 Å². The number of aromatic nitrogens is 1. The summed E-state index contributed by atoms with van der Waals surface area (Å²) in [6.45, 7) is 1.52. The highest BCUT2D eigenvalue weighted by Gasteiger charge is 2.29. The molecule has 3 heterocycles. The number of H-pyrrole nitrogens is 1. The fourth-order valence-corrected chi connectivity index (χ4v) is 4.88. The third-order valence-electron chi connectivity index (χ3n) is 6.65. The number of aromatic amines is 1. The Bertz CT molecular complexity index is 1260. The van der Waals surface area contributed by atoms with Crippen LogP contribution < -0.4 is 15.5 Å². The van der Waals surface area contributed by atoms with Crippen LogP contribution in [0.3, 0.4) is 0 Å². The van der Waals surface area contributed by atoms with Crippen molar-refractivity contribution in [1.29, 1.82) is 0 Å². The van der Waals surface area contributed by atoms with Gasteiger partial charge in [-0.25, -0.2) is 0 Å². The van der Waals surface area contributed by atoms with Gasteiger partial charge in [0.15, 0.2) is 0 Å². The molecule has 1 aromatic heterocycles. The molecule has 0 spiro atoms. The zero-order valence-electron chi connectivity index (χ0n) is 19.2. The van der Waals surface area contributed by atoms with Gasteiger partial charge in [0.1, 0.15) is 0 Å². The van der Waals surface area contributed by atoms with Crippen LogP contribution in [0.2, 0.25) is 5.02 Å².